The molecule has 2 fully saturated rings. The van der Waals surface area contributed by atoms with Crippen LogP contribution in [0.4, 0.5) is 0 Å². The summed E-state index contributed by atoms with van der Waals surface area (Å²) in [7, 11) is 1.70. The summed E-state index contributed by atoms with van der Waals surface area (Å²) >= 11 is 0. The fraction of sp³-hybridized carbons (Fsp3) is 0.429. The summed E-state index contributed by atoms with van der Waals surface area (Å²) in [6, 6.07) is 6.47. The van der Waals surface area contributed by atoms with E-state index >= 15 is 0 Å². The maximum absolute atomic E-state index is 5.86. The number of H-pyrrole nitrogens is 1. The smallest absolute Gasteiger partial charge is 0.142 e. The Bertz CT molecular complexity index is 1630. The Labute approximate surface area is 214 Å². The van der Waals surface area contributed by atoms with Gasteiger partial charge in [0.15, 0.2) is 0 Å². The first-order valence-corrected chi connectivity index (χ1v) is 12.9. The van der Waals surface area contributed by atoms with Crippen LogP contribution in [-0.2, 0) is 17.7 Å². The van der Waals surface area contributed by atoms with Crippen molar-refractivity contribution in [2.24, 2.45) is 5.92 Å². The number of methoxy groups -OCH3 is 1. The third kappa shape index (κ3) is 3.80. The lowest BCUT2D eigenvalue weighted by Gasteiger charge is -2.26. The summed E-state index contributed by atoms with van der Waals surface area (Å²) in [5.74, 6) is 3.40. The molecule has 5 aromatic rings. The first-order valence-electron chi connectivity index (χ1n) is 12.9. The van der Waals surface area contributed by atoms with Crippen LogP contribution < -0.4 is 4.74 Å². The SMILES string of the molecule is COc1cc2c(cc1-c1c(C)noc1C)[nH]c1nc(C)nc(Cc3cc(C4CC4)nn3CC3COC3)c12. The molecule has 1 aliphatic heterocycles. The van der Waals surface area contributed by atoms with Gasteiger partial charge >= 0.3 is 0 Å². The van der Waals surface area contributed by atoms with Gasteiger partial charge in [-0.1, -0.05) is 5.16 Å². The molecular weight excluding hydrogens is 468 g/mol. The number of aromatic amines is 1. The predicted octanol–water partition coefficient (Wildman–Crippen LogP) is 5.01. The second-order valence-corrected chi connectivity index (χ2v) is 10.5. The number of fused-ring (bicyclic) bond motifs is 3. The summed E-state index contributed by atoms with van der Waals surface area (Å²) in [5, 5.41) is 11.2. The number of hydrogen-bond donors (Lipinski definition) is 1. The fourth-order valence-electron chi connectivity index (χ4n) is 5.54. The van der Waals surface area contributed by atoms with Crippen molar-refractivity contribution in [2.45, 2.75) is 52.5 Å². The Kier molecular flexibility index (Phi) is 5.11. The second kappa shape index (κ2) is 8.41. The average molecular weight is 499 g/mol. The highest BCUT2D eigenvalue weighted by atomic mass is 16.5. The van der Waals surface area contributed by atoms with Gasteiger partial charge in [-0.15, -0.1) is 0 Å². The van der Waals surface area contributed by atoms with Crippen molar-refractivity contribution >= 4 is 21.9 Å². The Balaban J connectivity index is 1.37. The van der Waals surface area contributed by atoms with Crippen LogP contribution >= 0.6 is 0 Å². The minimum absolute atomic E-state index is 0.526. The van der Waals surface area contributed by atoms with E-state index in [4.69, 9.17) is 29.1 Å². The van der Waals surface area contributed by atoms with Crippen molar-refractivity contribution in [3.63, 3.8) is 0 Å². The zero-order valence-corrected chi connectivity index (χ0v) is 21.6. The molecule has 9 heteroatoms. The van der Waals surface area contributed by atoms with Gasteiger partial charge in [-0.25, -0.2) is 9.97 Å². The summed E-state index contributed by atoms with van der Waals surface area (Å²) in [6.45, 7) is 8.32. The van der Waals surface area contributed by atoms with Crippen molar-refractivity contribution in [1.29, 1.82) is 0 Å². The van der Waals surface area contributed by atoms with E-state index in [1.54, 1.807) is 7.11 Å². The van der Waals surface area contributed by atoms with Gasteiger partial charge in [-0.2, -0.15) is 5.10 Å². The van der Waals surface area contributed by atoms with Gasteiger partial charge in [0.1, 0.15) is 23.0 Å². The Morgan fingerprint density at radius 1 is 1.11 bits per heavy atom. The van der Waals surface area contributed by atoms with Gasteiger partial charge < -0.3 is 19.0 Å². The second-order valence-electron chi connectivity index (χ2n) is 10.5. The first-order chi connectivity index (χ1) is 18.0. The molecule has 0 radical (unpaired) electrons. The van der Waals surface area contributed by atoms with E-state index in [9.17, 15) is 0 Å². The van der Waals surface area contributed by atoms with E-state index in [0.29, 0.717) is 18.3 Å². The van der Waals surface area contributed by atoms with E-state index < -0.39 is 0 Å². The molecule has 5 heterocycles. The van der Waals surface area contributed by atoms with Crippen LogP contribution in [0, 0.1) is 26.7 Å². The highest BCUT2D eigenvalue weighted by molar-refractivity contribution is 6.09. The lowest BCUT2D eigenvalue weighted by molar-refractivity contribution is -0.0411. The topological polar surface area (TPSA) is 104 Å². The molecule has 0 bridgehead atoms. The molecule has 4 aromatic heterocycles. The molecule has 0 unspecified atom stereocenters. The summed E-state index contributed by atoms with van der Waals surface area (Å²) in [4.78, 5) is 13.2. The minimum atomic E-state index is 0.526. The lowest BCUT2D eigenvalue weighted by Crippen LogP contribution is -2.32. The van der Waals surface area contributed by atoms with Crippen LogP contribution in [0.15, 0.2) is 22.7 Å². The highest BCUT2D eigenvalue weighted by Gasteiger charge is 2.29. The molecule has 1 saturated heterocycles. The molecule has 1 aliphatic carbocycles. The van der Waals surface area contributed by atoms with Crippen LogP contribution in [0.25, 0.3) is 33.1 Å². The number of aromatic nitrogens is 6. The lowest BCUT2D eigenvalue weighted by atomic mass is 10.00. The van der Waals surface area contributed by atoms with Crippen LogP contribution in [0.1, 0.15) is 53.1 Å². The molecule has 1 saturated carbocycles. The van der Waals surface area contributed by atoms with Crippen LogP contribution in [0.3, 0.4) is 0 Å². The normalized spacial score (nSPS) is 16.1. The maximum atomic E-state index is 5.86. The van der Waals surface area contributed by atoms with Crippen molar-refractivity contribution in [2.75, 3.05) is 20.3 Å². The van der Waals surface area contributed by atoms with Gasteiger partial charge in [0, 0.05) is 52.3 Å². The van der Waals surface area contributed by atoms with E-state index in [2.05, 4.69) is 33.0 Å². The number of nitrogens with one attached hydrogen (secondary N) is 1. The van der Waals surface area contributed by atoms with Crippen LogP contribution in [-0.4, -0.2) is 50.2 Å². The standard InChI is InChI=1S/C28H30N6O3/c1-14-26(15(2)37-33-14)21-9-23-20(10-25(21)35-4)27-24(29-16(3)30-28(27)31-23)8-19-7-22(18-5-6-18)32-34(19)11-17-12-36-13-17/h7,9-10,17-18H,5-6,8,11-13H2,1-4H3,(H,29,30,31). The monoisotopic (exact) mass is 498 g/mol. The van der Waals surface area contributed by atoms with Crippen LogP contribution in [0.2, 0.25) is 0 Å². The Morgan fingerprint density at radius 3 is 2.62 bits per heavy atom. The molecule has 1 N–H and O–H groups in total. The van der Waals surface area contributed by atoms with Crippen molar-refractivity contribution in [3.8, 4) is 16.9 Å². The molecule has 0 amide bonds. The number of ether oxygens (including phenoxy) is 2. The van der Waals surface area contributed by atoms with Gasteiger partial charge in [-0.3, -0.25) is 4.68 Å². The minimum Gasteiger partial charge on any atom is -0.496 e. The van der Waals surface area contributed by atoms with Gasteiger partial charge in [0.25, 0.3) is 0 Å². The summed E-state index contributed by atoms with van der Waals surface area (Å²) in [6.07, 6.45) is 3.15. The molecule has 190 valence electrons. The maximum Gasteiger partial charge on any atom is 0.142 e. The zero-order valence-electron chi connectivity index (χ0n) is 21.6. The van der Waals surface area contributed by atoms with Gasteiger partial charge in [-0.05, 0) is 51.8 Å². The predicted molar refractivity (Wildman–Crippen MR) is 139 cm³/mol. The molecule has 9 nitrogen and oxygen atoms in total. The van der Waals surface area contributed by atoms with E-state index in [1.807, 2.05) is 20.8 Å². The van der Waals surface area contributed by atoms with E-state index in [-0.39, 0.29) is 0 Å². The molecule has 1 aromatic carbocycles. The largest absolute Gasteiger partial charge is 0.496 e. The number of aryl methyl sites for hydroxylation is 3. The zero-order chi connectivity index (χ0) is 25.3. The number of benzene rings is 1. The number of hydrogen-bond acceptors (Lipinski definition) is 7. The summed E-state index contributed by atoms with van der Waals surface area (Å²) in [5.41, 5.74) is 7.94. The third-order valence-corrected chi connectivity index (χ3v) is 7.63. The van der Waals surface area contributed by atoms with Crippen molar-refractivity contribution in [3.05, 3.63) is 52.6 Å². The van der Waals surface area contributed by atoms with E-state index in [1.165, 1.54) is 24.2 Å². The van der Waals surface area contributed by atoms with Crippen LogP contribution in [0.5, 0.6) is 5.75 Å². The Hall–Kier alpha value is -3.72. The number of rotatable bonds is 7. The van der Waals surface area contributed by atoms with Gasteiger partial charge in [0.05, 0.1) is 43.0 Å². The Morgan fingerprint density at radius 2 is 1.95 bits per heavy atom. The molecule has 0 spiro atoms. The summed E-state index contributed by atoms with van der Waals surface area (Å²) < 4.78 is 18.9. The third-order valence-electron chi connectivity index (χ3n) is 7.63. The highest BCUT2D eigenvalue weighted by Crippen LogP contribution is 2.41. The first kappa shape index (κ1) is 22.5. The molecule has 0 atom stereocenters. The quantitative estimate of drug-likeness (QED) is 0.336. The molecular formula is C28H30N6O3. The molecule has 37 heavy (non-hydrogen) atoms. The van der Waals surface area contributed by atoms with Crippen molar-refractivity contribution in [1.82, 2.24) is 29.9 Å². The fourth-order valence-corrected chi connectivity index (χ4v) is 5.54. The molecule has 2 aliphatic rings. The van der Waals surface area contributed by atoms with E-state index in [0.717, 1.165) is 81.5 Å². The van der Waals surface area contributed by atoms with Crippen molar-refractivity contribution < 1.29 is 14.0 Å². The average Bonchev–Trinajstić information content (AvgIpc) is 3.41. The molecule has 7 rings (SSSR count). The van der Waals surface area contributed by atoms with Gasteiger partial charge in [0.2, 0.25) is 0 Å². The number of nitrogens with zero attached hydrogens (tertiary/aromatic N) is 5.